The first-order valence-electron chi connectivity index (χ1n) is 10.4. The predicted octanol–water partition coefficient (Wildman–Crippen LogP) is 3.69. The maximum atomic E-state index is 6.05. The summed E-state index contributed by atoms with van der Waals surface area (Å²) in [4.78, 5) is 16.7. The molecular weight excluding hydrogens is 390 g/mol. The van der Waals surface area contributed by atoms with Gasteiger partial charge in [-0.3, -0.25) is 10.1 Å². The van der Waals surface area contributed by atoms with Crippen LogP contribution in [-0.4, -0.2) is 49.3 Å². The van der Waals surface area contributed by atoms with E-state index in [1.165, 1.54) is 0 Å². The van der Waals surface area contributed by atoms with Gasteiger partial charge in [0.15, 0.2) is 0 Å². The molecule has 1 saturated heterocycles. The first kappa shape index (κ1) is 18.0. The Labute approximate surface area is 178 Å². The number of aromatic amines is 2. The lowest BCUT2D eigenvalue weighted by atomic mass is 10.0. The van der Waals surface area contributed by atoms with Crippen molar-refractivity contribution in [3.63, 3.8) is 0 Å². The van der Waals surface area contributed by atoms with Crippen molar-refractivity contribution in [1.82, 2.24) is 35.5 Å². The molecule has 31 heavy (non-hydrogen) atoms. The van der Waals surface area contributed by atoms with Gasteiger partial charge in [0.25, 0.3) is 0 Å². The zero-order valence-electron chi connectivity index (χ0n) is 16.8. The Morgan fingerprint density at radius 3 is 2.97 bits per heavy atom. The van der Waals surface area contributed by atoms with Gasteiger partial charge in [-0.05, 0) is 49.2 Å². The van der Waals surface area contributed by atoms with Crippen molar-refractivity contribution in [3.8, 4) is 28.4 Å². The molecule has 6 rings (SSSR count). The number of ether oxygens (including phenoxy) is 1. The molecule has 154 valence electrons. The van der Waals surface area contributed by atoms with Gasteiger partial charge in [0.1, 0.15) is 23.1 Å². The summed E-state index contributed by atoms with van der Waals surface area (Å²) in [6.45, 7) is 1.87. The van der Waals surface area contributed by atoms with Gasteiger partial charge in [0.2, 0.25) is 5.88 Å². The Kier molecular flexibility index (Phi) is 4.35. The minimum Gasteiger partial charge on any atom is -0.472 e. The molecule has 3 N–H and O–H groups in total. The van der Waals surface area contributed by atoms with Crippen LogP contribution >= 0.6 is 0 Å². The number of H-pyrrole nitrogens is 2. The molecule has 0 aliphatic carbocycles. The molecule has 1 atom stereocenters. The van der Waals surface area contributed by atoms with Gasteiger partial charge in [-0.2, -0.15) is 5.10 Å². The fraction of sp³-hybridized carbons (Fsp3) is 0.217. The van der Waals surface area contributed by atoms with Gasteiger partial charge >= 0.3 is 0 Å². The molecule has 0 saturated carbocycles. The van der Waals surface area contributed by atoms with E-state index >= 15 is 0 Å². The van der Waals surface area contributed by atoms with E-state index in [1.54, 1.807) is 12.4 Å². The minimum absolute atomic E-state index is 0.122. The molecule has 8 nitrogen and oxygen atoms in total. The number of rotatable bonds is 4. The van der Waals surface area contributed by atoms with Gasteiger partial charge in [-0.25, -0.2) is 9.97 Å². The van der Waals surface area contributed by atoms with Crippen molar-refractivity contribution in [2.45, 2.75) is 18.9 Å². The Bertz CT molecular complexity index is 1370. The molecule has 0 bridgehead atoms. The average Bonchev–Trinajstić information content (AvgIpc) is 3.46. The standard InChI is InChI=1S/C23H21N7O/c1-2-17(11-24-6-1)31-21-13-25-12-20(28-21)22-18-9-14(3-4-19(18)29-30-22)16-8-15-5-7-26-23(15)27-10-16/h3-5,7-10,12-13,17,24H,1-2,6,11H2,(H,26,27)(H,29,30)/t17-/m1/s1. The second-order valence-electron chi connectivity index (χ2n) is 7.80. The highest BCUT2D eigenvalue weighted by Gasteiger charge is 2.17. The molecule has 0 spiro atoms. The Balaban J connectivity index is 1.36. The molecule has 4 aromatic heterocycles. The van der Waals surface area contributed by atoms with E-state index in [-0.39, 0.29) is 6.10 Å². The van der Waals surface area contributed by atoms with E-state index in [2.05, 4.69) is 53.6 Å². The van der Waals surface area contributed by atoms with Crippen molar-refractivity contribution < 1.29 is 4.74 Å². The van der Waals surface area contributed by atoms with Crippen LogP contribution in [0.2, 0.25) is 0 Å². The molecule has 0 amide bonds. The van der Waals surface area contributed by atoms with E-state index in [0.29, 0.717) is 11.6 Å². The minimum atomic E-state index is 0.122. The number of nitrogens with zero attached hydrogens (tertiary/aromatic N) is 4. The summed E-state index contributed by atoms with van der Waals surface area (Å²) in [6.07, 6.45) is 9.41. The maximum Gasteiger partial charge on any atom is 0.233 e. The molecule has 5 heterocycles. The summed E-state index contributed by atoms with van der Waals surface area (Å²) in [7, 11) is 0. The smallest absolute Gasteiger partial charge is 0.233 e. The Hall–Kier alpha value is -3.78. The van der Waals surface area contributed by atoms with Crippen LogP contribution < -0.4 is 10.1 Å². The van der Waals surface area contributed by atoms with Crippen molar-refractivity contribution in [3.05, 3.63) is 55.1 Å². The number of pyridine rings is 1. The number of hydrogen-bond acceptors (Lipinski definition) is 6. The lowest BCUT2D eigenvalue weighted by molar-refractivity contribution is 0.160. The molecule has 1 aromatic carbocycles. The van der Waals surface area contributed by atoms with Gasteiger partial charge in [-0.15, -0.1) is 0 Å². The van der Waals surface area contributed by atoms with Crippen molar-refractivity contribution in [1.29, 1.82) is 0 Å². The van der Waals surface area contributed by atoms with Crippen molar-refractivity contribution in [2.24, 2.45) is 0 Å². The third-order valence-corrected chi connectivity index (χ3v) is 5.69. The van der Waals surface area contributed by atoms with Crippen molar-refractivity contribution >= 4 is 21.9 Å². The van der Waals surface area contributed by atoms with Gasteiger partial charge in [0.05, 0.1) is 17.9 Å². The highest BCUT2D eigenvalue weighted by Crippen LogP contribution is 2.31. The van der Waals surface area contributed by atoms with Gasteiger partial charge < -0.3 is 15.0 Å². The first-order valence-corrected chi connectivity index (χ1v) is 10.4. The van der Waals surface area contributed by atoms with Crippen LogP contribution in [0.3, 0.4) is 0 Å². The largest absolute Gasteiger partial charge is 0.472 e. The number of aromatic nitrogens is 6. The topological polar surface area (TPSA) is 104 Å². The molecule has 0 unspecified atom stereocenters. The molecule has 0 radical (unpaired) electrons. The van der Waals surface area contributed by atoms with Gasteiger partial charge in [0, 0.05) is 35.3 Å². The Morgan fingerprint density at radius 2 is 2.03 bits per heavy atom. The maximum absolute atomic E-state index is 6.05. The summed E-state index contributed by atoms with van der Waals surface area (Å²) in [5.74, 6) is 0.528. The quantitative estimate of drug-likeness (QED) is 0.417. The van der Waals surface area contributed by atoms with E-state index in [4.69, 9.17) is 4.74 Å². The molecular formula is C23H21N7O. The predicted molar refractivity (Wildman–Crippen MR) is 119 cm³/mol. The molecule has 1 aliphatic rings. The van der Waals surface area contributed by atoms with E-state index in [1.807, 2.05) is 24.5 Å². The highest BCUT2D eigenvalue weighted by molar-refractivity contribution is 5.95. The normalized spacial score (nSPS) is 16.7. The number of nitrogens with one attached hydrogen (secondary N) is 3. The van der Waals surface area contributed by atoms with Gasteiger partial charge in [-0.1, -0.05) is 6.07 Å². The number of piperidine rings is 1. The molecule has 8 heteroatoms. The highest BCUT2D eigenvalue weighted by atomic mass is 16.5. The van der Waals surface area contributed by atoms with Crippen LogP contribution in [-0.2, 0) is 0 Å². The van der Waals surface area contributed by atoms with Crippen LogP contribution in [0.25, 0.3) is 44.5 Å². The van der Waals surface area contributed by atoms with E-state index < -0.39 is 0 Å². The SMILES string of the molecule is c1cc2cc(-c3ccc4[nH]nc(-c5cncc(O[C@@H]6CCCNC6)n5)c4c3)cnc2[nH]1. The van der Waals surface area contributed by atoms with Crippen LogP contribution in [0.5, 0.6) is 5.88 Å². The molecule has 1 aliphatic heterocycles. The molecule has 5 aromatic rings. The monoisotopic (exact) mass is 411 g/mol. The number of hydrogen-bond donors (Lipinski definition) is 3. The van der Waals surface area contributed by atoms with Crippen LogP contribution in [0.1, 0.15) is 12.8 Å². The van der Waals surface area contributed by atoms with Crippen LogP contribution in [0.15, 0.2) is 55.1 Å². The fourth-order valence-corrected chi connectivity index (χ4v) is 4.10. The third kappa shape index (κ3) is 3.40. The third-order valence-electron chi connectivity index (χ3n) is 5.69. The second-order valence-corrected chi connectivity index (χ2v) is 7.80. The second kappa shape index (κ2) is 7.48. The summed E-state index contributed by atoms with van der Waals surface area (Å²) >= 11 is 0. The lowest BCUT2D eigenvalue weighted by Gasteiger charge is -2.23. The van der Waals surface area contributed by atoms with Crippen molar-refractivity contribution in [2.75, 3.05) is 13.1 Å². The van der Waals surface area contributed by atoms with E-state index in [9.17, 15) is 0 Å². The molecule has 1 fully saturated rings. The lowest BCUT2D eigenvalue weighted by Crippen LogP contribution is -2.37. The zero-order valence-corrected chi connectivity index (χ0v) is 16.8. The Morgan fingerprint density at radius 1 is 1.03 bits per heavy atom. The van der Waals surface area contributed by atoms with Crippen LogP contribution in [0.4, 0.5) is 0 Å². The van der Waals surface area contributed by atoms with Crippen LogP contribution in [0, 0.1) is 0 Å². The summed E-state index contributed by atoms with van der Waals surface area (Å²) in [6, 6.07) is 10.4. The number of benzene rings is 1. The fourth-order valence-electron chi connectivity index (χ4n) is 4.10. The zero-order chi connectivity index (χ0) is 20.6. The first-order chi connectivity index (χ1) is 15.3. The number of fused-ring (bicyclic) bond motifs is 2. The summed E-state index contributed by atoms with van der Waals surface area (Å²) in [5.41, 5.74) is 5.39. The average molecular weight is 411 g/mol. The summed E-state index contributed by atoms with van der Waals surface area (Å²) < 4.78 is 6.05. The van der Waals surface area contributed by atoms with E-state index in [0.717, 1.165) is 64.7 Å². The summed E-state index contributed by atoms with van der Waals surface area (Å²) in [5, 5.41) is 13.0.